The minimum Gasteiger partial charge on any atom is -1.00 e. The first-order chi connectivity index (χ1) is 13.9. The maximum Gasteiger partial charge on any atom is 0.168 e. The molecule has 7 heteroatoms. The SMILES string of the molecule is CC(COc1ccc(C(=O)CC[NH2+]C(C)C(O)c2ccccc2)cc1)C[NH+](C)C.[Cl-].[Cl-]. The van der Waals surface area contributed by atoms with Gasteiger partial charge in [-0.1, -0.05) is 37.3 Å². The molecule has 0 aromatic heterocycles. The van der Waals surface area contributed by atoms with Gasteiger partial charge in [0.1, 0.15) is 17.9 Å². The van der Waals surface area contributed by atoms with Gasteiger partial charge in [0, 0.05) is 11.5 Å². The van der Waals surface area contributed by atoms with Crippen LogP contribution in [0.3, 0.4) is 0 Å². The quantitative estimate of drug-likeness (QED) is 0.272. The third kappa shape index (κ3) is 10.5. The number of ether oxygens (including phenoxy) is 1. The standard InChI is InChI=1S/C24H34N2O3.2ClH/c1-18(16-26(3)4)17-29-22-12-10-20(11-13-22)23(27)14-15-25-19(2)24(28)21-8-6-5-7-9-21;;/h5-13,18-19,24-25,28H,14-17H2,1-4H3;2*1H. The van der Waals surface area contributed by atoms with Gasteiger partial charge in [-0.2, -0.15) is 0 Å². The number of quaternary nitrogens is 2. The number of hydrogen-bond donors (Lipinski definition) is 3. The minimum absolute atomic E-state index is 0. The van der Waals surface area contributed by atoms with Gasteiger partial charge in [0.25, 0.3) is 0 Å². The largest absolute Gasteiger partial charge is 1.00 e. The summed E-state index contributed by atoms with van der Waals surface area (Å²) in [6.45, 7) is 6.54. The number of benzene rings is 2. The van der Waals surface area contributed by atoms with Gasteiger partial charge in [-0.3, -0.25) is 4.79 Å². The van der Waals surface area contributed by atoms with Gasteiger partial charge < -0.3 is 44.9 Å². The molecule has 0 amide bonds. The summed E-state index contributed by atoms with van der Waals surface area (Å²) < 4.78 is 5.83. The maximum atomic E-state index is 12.4. The first kappa shape index (κ1) is 29.4. The van der Waals surface area contributed by atoms with Crippen molar-refractivity contribution in [3.63, 3.8) is 0 Å². The number of halogens is 2. The number of nitrogens with two attached hydrogens (primary N) is 1. The van der Waals surface area contributed by atoms with Crippen molar-refractivity contribution in [2.45, 2.75) is 32.4 Å². The van der Waals surface area contributed by atoms with Crippen molar-refractivity contribution in [3.8, 4) is 5.75 Å². The molecule has 0 aliphatic heterocycles. The van der Waals surface area contributed by atoms with Crippen molar-refractivity contribution in [2.75, 3.05) is 33.8 Å². The molecule has 0 heterocycles. The lowest BCUT2D eigenvalue weighted by Gasteiger charge is -2.17. The van der Waals surface area contributed by atoms with Crippen LogP contribution in [-0.4, -0.2) is 50.7 Å². The number of carbonyl (C=O) groups is 1. The van der Waals surface area contributed by atoms with Crippen molar-refractivity contribution in [2.24, 2.45) is 5.92 Å². The minimum atomic E-state index is -0.542. The predicted octanol–water partition coefficient (Wildman–Crippen LogP) is -4.89. The molecule has 174 valence electrons. The van der Waals surface area contributed by atoms with E-state index < -0.39 is 6.10 Å². The lowest BCUT2D eigenvalue weighted by atomic mass is 10.0. The molecule has 3 atom stereocenters. The molecule has 2 aromatic rings. The summed E-state index contributed by atoms with van der Waals surface area (Å²) in [5.41, 5.74) is 1.60. The van der Waals surface area contributed by atoms with Gasteiger partial charge in [-0.25, -0.2) is 0 Å². The Bertz CT molecular complexity index is 742. The van der Waals surface area contributed by atoms with Crippen molar-refractivity contribution in [3.05, 3.63) is 65.7 Å². The number of aliphatic hydroxyl groups is 1. The average Bonchev–Trinajstić information content (AvgIpc) is 2.72. The molecule has 0 aliphatic carbocycles. The fourth-order valence-electron chi connectivity index (χ4n) is 3.44. The first-order valence-electron chi connectivity index (χ1n) is 10.5. The number of nitrogens with one attached hydrogen (secondary N) is 1. The Labute approximate surface area is 199 Å². The summed E-state index contributed by atoms with van der Waals surface area (Å²) in [6, 6.07) is 17.0. The van der Waals surface area contributed by atoms with Crippen LogP contribution < -0.4 is 39.8 Å². The Kier molecular flexibility index (Phi) is 14.4. The van der Waals surface area contributed by atoms with Crippen LogP contribution >= 0.6 is 0 Å². The van der Waals surface area contributed by atoms with Gasteiger partial charge in [0.2, 0.25) is 0 Å². The molecular weight excluding hydrogens is 435 g/mol. The molecule has 5 nitrogen and oxygen atoms in total. The number of aliphatic hydroxyl groups excluding tert-OH is 1. The summed E-state index contributed by atoms with van der Waals surface area (Å²) >= 11 is 0. The summed E-state index contributed by atoms with van der Waals surface area (Å²) in [5, 5.41) is 12.4. The zero-order valence-corrected chi connectivity index (χ0v) is 20.4. The zero-order valence-electron chi connectivity index (χ0n) is 18.9. The van der Waals surface area contributed by atoms with Gasteiger partial charge in [-0.05, 0) is 36.8 Å². The van der Waals surface area contributed by atoms with E-state index in [1.165, 1.54) is 4.90 Å². The van der Waals surface area contributed by atoms with E-state index in [0.29, 0.717) is 31.1 Å². The number of hydrogen-bond acceptors (Lipinski definition) is 3. The Hall–Kier alpha value is -1.63. The number of rotatable bonds is 12. The lowest BCUT2D eigenvalue weighted by Crippen LogP contribution is -3.06. The molecule has 0 aliphatic rings. The van der Waals surface area contributed by atoms with Crippen molar-refractivity contribution < 1.29 is 49.7 Å². The Morgan fingerprint density at radius 3 is 2.23 bits per heavy atom. The van der Waals surface area contributed by atoms with Crippen LogP contribution in [0, 0.1) is 5.92 Å². The van der Waals surface area contributed by atoms with Gasteiger partial charge in [0.05, 0.1) is 40.2 Å². The van der Waals surface area contributed by atoms with Gasteiger partial charge >= 0.3 is 0 Å². The third-order valence-electron chi connectivity index (χ3n) is 5.02. The molecule has 0 fully saturated rings. The van der Waals surface area contributed by atoms with Crippen LogP contribution in [0.15, 0.2) is 54.6 Å². The fraction of sp³-hybridized carbons (Fsp3) is 0.458. The van der Waals surface area contributed by atoms with Crippen LogP contribution in [-0.2, 0) is 0 Å². The van der Waals surface area contributed by atoms with E-state index in [1.54, 1.807) is 0 Å². The van der Waals surface area contributed by atoms with E-state index in [4.69, 9.17) is 4.74 Å². The van der Waals surface area contributed by atoms with Crippen LogP contribution in [0.1, 0.15) is 42.3 Å². The highest BCUT2D eigenvalue weighted by Crippen LogP contribution is 2.15. The molecule has 4 N–H and O–H groups in total. The third-order valence-corrected chi connectivity index (χ3v) is 5.02. The van der Waals surface area contributed by atoms with E-state index in [-0.39, 0.29) is 36.6 Å². The second-order valence-electron chi connectivity index (χ2n) is 8.26. The fourth-order valence-corrected chi connectivity index (χ4v) is 3.44. The summed E-state index contributed by atoms with van der Waals surface area (Å²) in [7, 11) is 4.27. The monoisotopic (exact) mass is 470 g/mol. The van der Waals surface area contributed by atoms with Crippen LogP contribution in [0.2, 0.25) is 0 Å². The van der Waals surface area contributed by atoms with E-state index in [0.717, 1.165) is 17.9 Å². The van der Waals surface area contributed by atoms with E-state index >= 15 is 0 Å². The molecule has 0 spiro atoms. The van der Waals surface area contributed by atoms with Crippen molar-refractivity contribution >= 4 is 5.78 Å². The Morgan fingerprint density at radius 2 is 1.65 bits per heavy atom. The van der Waals surface area contributed by atoms with Crippen molar-refractivity contribution in [1.82, 2.24) is 0 Å². The maximum absolute atomic E-state index is 12.4. The molecule has 2 aromatic carbocycles. The molecule has 0 bridgehead atoms. The summed E-state index contributed by atoms with van der Waals surface area (Å²) in [6.07, 6.45) is -0.103. The topological polar surface area (TPSA) is 67.6 Å². The highest BCUT2D eigenvalue weighted by molar-refractivity contribution is 5.96. The highest BCUT2D eigenvalue weighted by Gasteiger charge is 2.19. The Morgan fingerprint density at radius 1 is 1.03 bits per heavy atom. The average molecular weight is 471 g/mol. The Balaban J connectivity index is 0.00000450. The van der Waals surface area contributed by atoms with E-state index in [2.05, 4.69) is 21.0 Å². The molecule has 2 rings (SSSR count). The molecular formula is C24H36Cl2N2O3. The first-order valence-corrected chi connectivity index (χ1v) is 10.5. The second kappa shape index (κ2) is 15.2. The number of carbonyl (C=O) groups excluding carboxylic acids is 1. The van der Waals surface area contributed by atoms with Gasteiger partial charge in [-0.15, -0.1) is 0 Å². The van der Waals surface area contributed by atoms with E-state index in [1.807, 2.05) is 66.8 Å². The van der Waals surface area contributed by atoms with Crippen LogP contribution in [0.25, 0.3) is 0 Å². The molecule has 0 saturated heterocycles. The van der Waals surface area contributed by atoms with Gasteiger partial charge in [0.15, 0.2) is 5.78 Å². The second-order valence-corrected chi connectivity index (χ2v) is 8.26. The molecule has 0 saturated carbocycles. The van der Waals surface area contributed by atoms with E-state index in [9.17, 15) is 9.90 Å². The lowest BCUT2D eigenvalue weighted by molar-refractivity contribution is -0.861. The van der Waals surface area contributed by atoms with Crippen molar-refractivity contribution in [1.29, 1.82) is 0 Å². The summed E-state index contributed by atoms with van der Waals surface area (Å²) in [4.78, 5) is 13.8. The highest BCUT2D eigenvalue weighted by atomic mass is 35.5. The molecule has 31 heavy (non-hydrogen) atoms. The number of ketones is 1. The molecule has 3 unspecified atom stereocenters. The summed E-state index contributed by atoms with van der Waals surface area (Å²) in [5.74, 6) is 1.39. The molecule has 0 radical (unpaired) electrons. The number of Topliss-reactive ketones (excluding diaryl/α,β-unsaturated/α-hetero) is 1. The van der Waals surface area contributed by atoms with Crippen LogP contribution in [0.4, 0.5) is 0 Å². The smallest absolute Gasteiger partial charge is 0.168 e. The zero-order chi connectivity index (χ0) is 21.2. The predicted molar refractivity (Wildman–Crippen MR) is 115 cm³/mol. The van der Waals surface area contributed by atoms with Crippen LogP contribution in [0.5, 0.6) is 5.75 Å². The normalized spacial score (nSPS) is 13.5.